The molecule has 0 aliphatic carbocycles. The van der Waals surface area contributed by atoms with Gasteiger partial charge in [-0.3, -0.25) is 0 Å². The highest BCUT2D eigenvalue weighted by atomic mass is 127. The maximum absolute atomic E-state index is 6.15. The van der Waals surface area contributed by atoms with Crippen molar-refractivity contribution in [1.82, 2.24) is 0 Å². The van der Waals surface area contributed by atoms with Gasteiger partial charge < -0.3 is 5.73 Å². The first-order valence-electron chi connectivity index (χ1n) is 4.53. The van der Waals surface area contributed by atoms with Crippen LogP contribution in [0.1, 0.15) is 32.4 Å². The van der Waals surface area contributed by atoms with Crippen LogP contribution in [0.25, 0.3) is 0 Å². The van der Waals surface area contributed by atoms with Crippen molar-refractivity contribution in [2.24, 2.45) is 11.1 Å². The van der Waals surface area contributed by atoms with E-state index in [2.05, 4.69) is 49.4 Å². The third kappa shape index (κ3) is 2.84. The van der Waals surface area contributed by atoms with Crippen molar-refractivity contribution in [2.45, 2.75) is 26.8 Å². The monoisotopic (exact) mass is 323 g/mol. The molecule has 0 saturated heterocycles. The van der Waals surface area contributed by atoms with Gasteiger partial charge in [0.25, 0.3) is 0 Å². The molecule has 0 radical (unpaired) electrons. The summed E-state index contributed by atoms with van der Waals surface area (Å²) in [5.41, 5.74) is 7.22. The van der Waals surface area contributed by atoms with Gasteiger partial charge in [0.15, 0.2) is 0 Å². The number of nitrogens with two attached hydrogens (primary N) is 1. The van der Waals surface area contributed by atoms with Crippen molar-refractivity contribution in [1.29, 1.82) is 0 Å². The molecule has 14 heavy (non-hydrogen) atoms. The molecule has 0 amide bonds. The molecule has 1 unspecified atom stereocenters. The molecule has 1 rings (SSSR count). The fourth-order valence-electron chi connectivity index (χ4n) is 1.22. The Morgan fingerprint density at radius 2 is 1.93 bits per heavy atom. The summed E-state index contributed by atoms with van der Waals surface area (Å²) in [6, 6.07) is 5.93. The largest absolute Gasteiger partial charge is 0.323 e. The Morgan fingerprint density at radius 1 is 1.36 bits per heavy atom. The van der Waals surface area contributed by atoms with E-state index in [1.807, 2.05) is 12.1 Å². The van der Waals surface area contributed by atoms with Gasteiger partial charge in [0.2, 0.25) is 0 Å². The number of rotatable bonds is 1. The third-order valence-electron chi connectivity index (χ3n) is 2.23. The minimum Gasteiger partial charge on any atom is -0.323 e. The van der Waals surface area contributed by atoms with Crippen molar-refractivity contribution in [3.8, 4) is 0 Å². The molecule has 0 fully saturated rings. The molecular weight excluding hydrogens is 308 g/mol. The molecule has 1 aromatic rings. The van der Waals surface area contributed by atoms with Gasteiger partial charge in [0.05, 0.1) is 0 Å². The molecule has 1 nitrogen and oxygen atoms in total. The van der Waals surface area contributed by atoms with E-state index in [1.54, 1.807) is 0 Å². The van der Waals surface area contributed by atoms with Crippen LogP contribution < -0.4 is 5.73 Å². The lowest BCUT2D eigenvalue weighted by molar-refractivity contribution is 0.327. The number of hydrogen-bond donors (Lipinski definition) is 1. The highest BCUT2D eigenvalue weighted by Gasteiger charge is 2.24. The van der Waals surface area contributed by atoms with E-state index in [0.717, 1.165) is 10.6 Å². The van der Waals surface area contributed by atoms with Gasteiger partial charge in [-0.05, 0) is 51.8 Å². The molecule has 0 aliphatic rings. The molecule has 78 valence electrons. The lowest BCUT2D eigenvalue weighted by Gasteiger charge is -2.28. The van der Waals surface area contributed by atoms with Crippen LogP contribution in [0.3, 0.4) is 0 Å². The summed E-state index contributed by atoms with van der Waals surface area (Å²) in [5.74, 6) is 0. The minimum atomic E-state index is -0.0234. The van der Waals surface area contributed by atoms with Crippen LogP contribution in [0.2, 0.25) is 5.02 Å². The van der Waals surface area contributed by atoms with Gasteiger partial charge in [-0.2, -0.15) is 0 Å². The summed E-state index contributed by atoms with van der Waals surface area (Å²) in [4.78, 5) is 0. The Balaban J connectivity index is 3.12. The van der Waals surface area contributed by atoms with E-state index < -0.39 is 0 Å². The molecule has 1 atom stereocenters. The first kappa shape index (κ1) is 12.3. The second-order valence-corrected chi connectivity index (χ2v) is 6.16. The summed E-state index contributed by atoms with van der Waals surface area (Å²) in [6.07, 6.45) is 0. The Hall–Kier alpha value is 0.200. The second-order valence-electron chi connectivity index (χ2n) is 4.51. The van der Waals surface area contributed by atoms with Crippen LogP contribution in [0.4, 0.5) is 0 Å². The number of hydrogen-bond acceptors (Lipinski definition) is 1. The van der Waals surface area contributed by atoms with Crippen molar-refractivity contribution in [2.75, 3.05) is 0 Å². The average molecular weight is 324 g/mol. The van der Waals surface area contributed by atoms with E-state index >= 15 is 0 Å². The normalized spacial score (nSPS) is 14.1. The van der Waals surface area contributed by atoms with Crippen LogP contribution in [0.15, 0.2) is 18.2 Å². The zero-order valence-electron chi connectivity index (χ0n) is 8.64. The highest BCUT2D eigenvalue weighted by Crippen LogP contribution is 2.34. The van der Waals surface area contributed by atoms with Gasteiger partial charge in [0, 0.05) is 14.6 Å². The fraction of sp³-hybridized carbons (Fsp3) is 0.455. The summed E-state index contributed by atoms with van der Waals surface area (Å²) in [7, 11) is 0. The Labute approximate surface area is 104 Å². The van der Waals surface area contributed by atoms with Gasteiger partial charge in [0.1, 0.15) is 0 Å². The maximum Gasteiger partial charge on any atom is 0.0454 e. The predicted molar refractivity (Wildman–Crippen MR) is 70.6 cm³/mol. The van der Waals surface area contributed by atoms with E-state index in [1.165, 1.54) is 3.57 Å². The Morgan fingerprint density at radius 3 is 2.43 bits per heavy atom. The standard InChI is InChI=1S/C11H15ClIN/c1-11(2,3)10(14)8-6-7(13)4-5-9(8)12/h4-6,10H,14H2,1-3H3. The molecule has 0 aromatic heterocycles. The van der Waals surface area contributed by atoms with Crippen LogP contribution in [0.5, 0.6) is 0 Å². The van der Waals surface area contributed by atoms with Crippen molar-refractivity contribution in [3.63, 3.8) is 0 Å². The minimum absolute atomic E-state index is 0.0234. The summed E-state index contributed by atoms with van der Waals surface area (Å²) < 4.78 is 1.17. The van der Waals surface area contributed by atoms with Crippen LogP contribution >= 0.6 is 34.2 Å². The van der Waals surface area contributed by atoms with E-state index in [9.17, 15) is 0 Å². The van der Waals surface area contributed by atoms with Gasteiger partial charge >= 0.3 is 0 Å². The second kappa shape index (κ2) is 4.37. The molecule has 3 heteroatoms. The zero-order valence-corrected chi connectivity index (χ0v) is 11.6. The van der Waals surface area contributed by atoms with Crippen molar-refractivity contribution >= 4 is 34.2 Å². The molecule has 0 bridgehead atoms. The first-order chi connectivity index (χ1) is 6.32. The predicted octanol–water partition coefficient (Wildman–Crippen LogP) is 3.99. The van der Waals surface area contributed by atoms with Crippen LogP contribution in [-0.4, -0.2) is 0 Å². The Bertz CT molecular complexity index is 331. The average Bonchev–Trinajstić information content (AvgIpc) is 2.06. The van der Waals surface area contributed by atoms with E-state index in [-0.39, 0.29) is 11.5 Å². The molecule has 0 aliphatic heterocycles. The smallest absolute Gasteiger partial charge is 0.0454 e. The van der Waals surface area contributed by atoms with Crippen molar-refractivity contribution in [3.05, 3.63) is 32.4 Å². The molecule has 2 N–H and O–H groups in total. The lowest BCUT2D eigenvalue weighted by Crippen LogP contribution is -2.26. The zero-order chi connectivity index (χ0) is 10.9. The van der Waals surface area contributed by atoms with Gasteiger partial charge in [-0.15, -0.1) is 0 Å². The van der Waals surface area contributed by atoms with E-state index in [4.69, 9.17) is 17.3 Å². The third-order valence-corrected chi connectivity index (χ3v) is 3.24. The lowest BCUT2D eigenvalue weighted by atomic mass is 9.83. The number of benzene rings is 1. The molecule has 1 aromatic carbocycles. The van der Waals surface area contributed by atoms with Gasteiger partial charge in [-0.25, -0.2) is 0 Å². The fourth-order valence-corrected chi connectivity index (χ4v) is 1.97. The summed E-state index contributed by atoms with van der Waals surface area (Å²) in [6.45, 7) is 6.36. The Kier molecular flexibility index (Phi) is 3.83. The van der Waals surface area contributed by atoms with Crippen LogP contribution in [0, 0.1) is 8.99 Å². The molecule has 0 heterocycles. The molecular formula is C11H15ClIN. The first-order valence-corrected chi connectivity index (χ1v) is 5.98. The number of halogens is 2. The SMILES string of the molecule is CC(C)(C)C(N)c1cc(I)ccc1Cl. The molecule has 0 saturated carbocycles. The molecule has 0 spiro atoms. The van der Waals surface area contributed by atoms with E-state index in [0.29, 0.717) is 0 Å². The quantitative estimate of drug-likeness (QED) is 0.777. The maximum atomic E-state index is 6.15. The topological polar surface area (TPSA) is 26.0 Å². The van der Waals surface area contributed by atoms with Gasteiger partial charge in [-0.1, -0.05) is 32.4 Å². The van der Waals surface area contributed by atoms with Crippen molar-refractivity contribution < 1.29 is 0 Å². The summed E-state index contributed by atoms with van der Waals surface area (Å²) >= 11 is 8.38. The van der Waals surface area contributed by atoms with Crippen LogP contribution in [-0.2, 0) is 0 Å². The summed E-state index contributed by atoms with van der Waals surface area (Å²) in [5, 5.41) is 0.757. The highest BCUT2D eigenvalue weighted by molar-refractivity contribution is 14.1.